The van der Waals surface area contributed by atoms with Crippen molar-refractivity contribution in [2.45, 2.75) is 12.5 Å². The van der Waals surface area contributed by atoms with Crippen molar-refractivity contribution in [1.82, 2.24) is 0 Å². The van der Waals surface area contributed by atoms with Crippen LogP contribution in [0.5, 0.6) is 5.75 Å². The molecule has 1 rings (SSSR count). The van der Waals surface area contributed by atoms with Gasteiger partial charge in [0.15, 0.2) is 0 Å². The van der Waals surface area contributed by atoms with Gasteiger partial charge in [-0.1, -0.05) is 11.6 Å². The third-order valence-electron chi connectivity index (χ3n) is 1.88. The van der Waals surface area contributed by atoms with Crippen LogP contribution in [0.3, 0.4) is 0 Å². The van der Waals surface area contributed by atoms with Crippen LogP contribution in [0.4, 0.5) is 18.9 Å². The smallest absolute Gasteiger partial charge is 0.404 e. The summed E-state index contributed by atoms with van der Waals surface area (Å²) in [6, 6.07) is 3.71. The molecule has 102 valence electrons. The van der Waals surface area contributed by atoms with Gasteiger partial charge in [-0.2, -0.15) is 0 Å². The Morgan fingerprint density at radius 3 is 2.56 bits per heavy atom. The van der Waals surface area contributed by atoms with Gasteiger partial charge >= 0.3 is 6.36 Å². The molecule has 3 nitrogen and oxygen atoms in total. The topological polar surface area (TPSA) is 41.5 Å². The van der Waals surface area contributed by atoms with Crippen molar-refractivity contribution in [3.8, 4) is 5.75 Å². The Balaban J connectivity index is 2.67. The maximum absolute atomic E-state index is 12.0. The molecule has 1 unspecified atom stereocenters. The lowest BCUT2D eigenvalue weighted by molar-refractivity contribution is -0.274. The minimum atomic E-state index is -4.78. The predicted octanol–water partition coefficient (Wildman–Crippen LogP) is 3.25. The highest BCUT2D eigenvalue weighted by Gasteiger charge is 2.32. The number of alkyl halides is 4. The molecule has 0 radical (unpaired) electrons. The van der Waals surface area contributed by atoms with Crippen molar-refractivity contribution in [2.75, 3.05) is 17.7 Å². The number of rotatable bonds is 5. The molecule has 0 bridgehead atoms. The molecule has 0 fully saturated rings. The molecule has 1 aromatic rings. The van der Waals surface area contributed by atoms with E-state index in [2.05, 4.69) is 10.1 Å². The molecule has 1 atom stereocenters. The molecule has 0 aliphatic carbocycles. The second kappa shape index (κ2) is 6.36. The number of benzene rings is 1. The van der Waals surface area contributed by atoms with E-state index in [-0.39, 0.29) is 17.4 Å². The Morgan fingerprint density at radius 2 is 2.06 bits per heavy atom. The molecule has 0 aliphatic heterocycles. The van der Waals surface area contributed by atoms with Crippen molar-refractivity contribution < 1.29 is 23.0 Å². The van der Waals surface area contributed by atoms with Gasteiger partial charge < -0.3 is 15.2 Å². The van der Waals surface area contributed by atoms with Gasteiger partial charge in [-0.15, -0.1) is 24.8 Å². The molecular formula is C10H10Cl2F3NO2. The number of anilines is 1. The summed E-state index contributed by atoms with van der Waals surface area (Å²) in [7, 11) is 0. The number of halogens is 5. The zero-order valence-corrected chi connectivity index (χ0v) is 10.5. The van der Waals surface area contributed by atoms with E-state index >= 15 is 0 Å². The highest BCUT2D eigenvalue weighted by molar-refractivity contribution is 6.32. The second-order valence-electron chi connectivity index (χ2n) is 3.38. The number of hydrogen-bond donors (Lipinski definition) is 2. The molecule has 0 aromatic heterocycles. The van der Waals surface area contributed by atoms with Crippen molar-refractivity contribution in [2.24, 2.45) is 0 Å². The van der Waals surface area contributed by atoms with Crippen LogP contribution in [0, 0.1) is 0 Å². The minimum absolute atomic E-state index is 0.0516. The predicted molar refractivity (Wildman–Crippen MR) is 63.4 cm³/mol. The summed E-state index contributed by atoms with van der Waals surface area (Å²) in [5, 5.41) is 11.8. The van der Waals surface area contributed by atoms with E-state index in [4.69, 9.17) is 23.2 Å². The first-order valence-corrected chi connectivity index (χ1v) is 5.76. The van der Waals surface area contributed by atoms with E-state index in [1.807, 2.05) is 0 Å². The lowest BCUT2D eigenvalue weighted by atomic mass is 10.3. The summed E-state index contributed by atoms with van der Waals surface area (Å²) in [4.78, 5) is 0. The van der Waals surface area contributed by atoms with Gasteiger partial charge in [0.1, 0.15) is 5.75 Å². The fourth-order valence-electron chi connectivity index (χ4n) is 1.11. The van der Waals surface area contributed by atoms with Crippen molar-refractivity contribution in [3.63, 3.8) is 0 Å². The van der Waals surface area contributed by atoms with Gasteiger partial charge in [0.2, 0.25) is 0 Å². The van der Waals surface area contributed by atoms with E-state index in [9.17, 15) is 18.3 Å². The quantitative estimate of drug-likeness (QED) is 0.821. The number of aliphatic hydroxyl groups excluding tert-OH is 1. The molecule has 1 aromatic carbocycles. The zero-order chi connectivity index (χ0) is 13.8. The summed E-state index contributed by atoms with van der Waals surface area (Å²) in [5.74, 6) is -0.427. The van der Waals surface area contributed by atoms with Crippen LogP contribution in [-0.4, -0.2) is 30.0 Å². The van der Waals surface area contributed by atoms with Crippen molar-refractivity contribution >= 4 is 28.9 Å². The van der Waals surface area contributed by atoms with E-state index in [0.717, 1.165) is 6.07 Å². The molecule has 0 amide bonds. The third kappa shape index (κ3) is 5.20. The Bertz CT molecular complexity index is 401. The maximum atomic E-state index is 12.0. The lowest BCUT2D eigenvalue weighted by Gasteiger charge is -2.13. The fraction of sp³-hybridized carbons (Fsp3) is 0.400. The number of nitrogens with one attached hydrogen (secondary N) is 1. The minimum Gasteiger partial charge on any atom is -0.404 e. The summed E-state index contributed by atoms with van der Waals surface area (Å²) >= 11 is 11.0. The van der Waals surface area contributed by atoms with Crippen LogP contribution in [0.1, 0.15) is 0 Å². The van der Waals surface area contributed by atoms with Gasteiger partial charge in [-0.25, -0.2) is 0 Å². The first-order chi connectivity index (χ1) is 8.31. The van der Waals surface area contributed by atoms with Gasteiger partial charge in [-0.3, -0.25) is 0 Å². The third-order valence-corrected chi connectivity index (χ3v) is 2.53. The monoisotopic (exact) mass is 303 g/mol. The van der Waals surface area contributed by atoms with Crippen LogP contribution >= 0.6 is 23.2 Å². The molecule has 18 heavy (non-hydrogen) atoms. The largest absolute Gasteiger partial charge is 0.573 e. The normalized spacial score (nSPS) is 13.2. The maximum Gasteiger partial charge on any atom is 0.573 e. The van der Waals surface area contributed by atoms with E-state index in [0.29, 0.717) is 5.69 Å². The Morgan fingerprint density at radius 1 is 1.39 bits per heavy atom. The zero-order valence-electron chi connectivity index (χ0n) is 8.97. The summed E-state index contributed by atoms with van der Waals surface area (Å²) in [5.41, 5.74) is 0.457. The SMILES string of the molecule is OC(CCl)CNc1ccc(OC(F)(F)F)c(Cl)c1. The number of ether oxygens (including phenoxy) is 1. The second-order valence-corrected chi connectivity index (χ2v) is 4.10. The van der Waals surface area contributed by atoms with Crippen LogP contribution in [-0.2, 0) is 0 Å². The average molecular weight is 304 g/mol. The highest BCUT2D eigenvalue weighted by atomic mass is 35.5. The molecule has 0 spiro atoms. The first kappa shape index (κ1) is 15.2. The van der Waals surface area contributed by atoms with E-state index in [1.54, 1.807) is 0 Å². The summed E-state index contributed by atoms with van der Waals surface area (Å²) in [6.45, 7) is 0.166. The standard InChI is InChI=1S/C10H10Cl2F3NO2/c11-4-7(17)5-16-6-1-2-9(8(12)3-6)18-10(13,14)15/h1-3,7,16-17H,4-5H2. The van der Waals surface area contributed by atoms with E-state index in [1.165, 1.54) is 12.1 Å². The molecule has 8 heteroatoms. The van der Waals surface area contributed by atoms with Gasteiger partial charge in [-0.05, 0) is 18.2 Å². The van der Waals surface area contributed by atoms with Crippen molar-refractivity contribution in [3.05, 3.63) is 23.2 Å². The van der Waals surface area contributed by atoms with E-state index < -0.39 is 18.2 Å². The molecule has 0 saturated heterocycles. The first-order valence-electron chi connectivity index (χ1n) is 4.85. The van der Waals surface area contributed by atoms with Crippen LogP contribution in [0.25, 0.3) is 0 Å². The Labute approximate surface area is 111 Å². The molecule has 0 aliphatic rings. The van der Waals surface area contributed by atoms with Crippen LogP contribution in [0.15, 0.2) is 18.2 Å². The average Bonchev–Trinajstić information content (AvgIpc) is 2.27. The molecule has 0 heterocycles. The van der Waals surface area contributed by atoms with Crippen molar-refractivity contribution in [1.29, 1.82) is 0 Å². The summed E-state index contributed by atoms with van der Waals surface area (Å²) < 4.78 is 39.6. The van der Waals surface area contributed by atoms with Gasteiger partial charge in [0, 0.05) is 12.2 Å². The number of aliphatic hydroxyl groups is 1. The van der Waals surface area contributed by atoms with Crippen LogP contribution in [0.2, 0.25) is 5.02 Å². The van der Waals surface area contributed by atoms with Gasteiger partial charge in [0.05, 0.1) is 17.0 Å². The Kier molecular flexibility index (Phi) is 5.37. The Hall–Kier alpha value is -0.850. The highest BCUT2D eigenvalue weighted by Crippen LogP contribution is 2.32. The molecule has 0 saturated carbocycles. The van der Waals surface area contributed by atoms with Crippen LogP contribution < -0.4 is 10.1 Å². The summed E-state index contributed by atoms with van der Waals surface area (Å²) in [6.07, 6.45) is -5.54. The lowest BCUT2D eigenvalue weighted by Crippen LogP contribution is -2.21. The number of hydrogen-bond acceptors (Lipinski definition) is 3. The fourth-order valence-corrected chi connectivity index (χ4v) is 1.44. The molecular weight excluding hydrogens is 294 g/mol. The van der Waals surface area contributed by atoms with Gasteiger partial charge in [0.25, 0.3) is 0 Å². The molecule has 2 N–H and O–H groups in total.